The molecule has 0 saturated heterocycles. The normalized spacial score (nSPS) is 11.4. The van der Waals surface area contributed by atoms with Crippen LogP contribution in [0, 0.1) is 5.82 Å². The molecule has 0 aliphatic heterocycles. The number of sulfone groups is 1. The van der Waals surface area contributed by atoms with E-state index in [1.807, 2.05) is 6.26 Å². The van der Waals surface area contributed by atoms with Crippen molar-refractivity contribution in [2.75, 3.05) is 17.8 Å². The van der Waals surface area contributed by atoms with Crippen LogP contribution in [0.5, 0.6) is 0 Å². The van der Waals surface area contributed by atoms with Gasteiger partial charge in [0.25, 0.3) is 5.91 Å². The maximum atomic E-state index is 13.2. The van der Waals surface area contributed by atoms with E-state index in [-0.39, 0.29) is 16.4 Å². The van der Waals surface area contributed by atoms with Crippen LogP contribution in [-0.4, -0.2) is 36.4 Å². The van der Waals surface area contributed by atoms with Crippen LogP contribution < -0.4 is 5.32 Å². The highest BCUT2D eigenvalue weighted by Crippen LogP contribution is 2.23. The van der Waals surface area contributed by atoms with Gasteiger partial charge < -0.3 is 5.32 Å². The maximum absolute atomic E-state index is 13.2. The summed E-state index contributed by atoms with van der Waals surface area (Å²) in [5.74, 6) is -0.791. The molecular weight excluding hydrogens is 389 g/mol. The summed E-state index contributed by atoms with van der Waals surface area (Å²) in [4.78, 5) is 17.1. The lowest BCUT2D eigenvalue weighted by Gasteiger charge is -2.11. The highest BCUT2D eigenvalue weighted by molar-refractivity contribution is 7.98. The van der Waals surface area contributed by atoms with E-state index in [9.17, 15) is 17.6 Å². The summed E-state index contributed by atoms with van der Waals surface area (Å²) in [5.41, 5.74) is 1.33. The van der Waals surface area contributed by atoms with Gasteiger partial charge in [0, 0.05) is 17.6 Å². The van der Waals surface area contributed by atoms with E-state index in [0.717, 1.165) is 6.26 Å². The fourth-order valence-corrected chi connectivity index (χ4v) is 3.63. The number of hydrogen-bond acceptors (Lipinski definition) is 5. The second kappa shape index (κ2) is 7.53. The fraction of sp³-hybridized carbons (Fsp3) is 0.111. The van der Waals surface area contributed by atoms with Crippen LogP contribution in [0.1, 0.15) is 10.5 Å². The molecule has 6 nitrogen and oxygen atoms in total. The standard InChI is InChI=1S/C18H16FN3O3S2/c1-26-18-20-11-16(22(18)14-7-3-12(19)4-8-14)17(23)21-13-5-9-15(10-6-13)27(2,24)25/h3-11H,1-2H3,(H,21,23). The lowest BCUT2D eigenvalue weighted by atomic mass is 10.3. The zero-order chi connectivity index (χ0) is 19.6. The Bertz CT molecular complexity index is 1080. The van der Waals surface area contributed by atoms with Crippen LogP contribution in [0.4, 0.5) is 10.1 Å². The van der Waals surface area contributed by atoms with Crippen molar-refractivity contribution in [3.05, 3.63) is 66.2 Å². The second-order valence-electron chi connectivity index (χ2n) is 5.69. The molecule has 0 unspecified atom stereocenters. The van der Waals surface area contributed by atoms with Crippen molar-refractivity contribution in [2.24, 2.45) is 0 Å². The van der Waals surface area contributed by atoms with Crippen LogP contribution in [0.25, 0.3) is 5.69 Å². The number of hydrogen-bond donors (Lipinski definition) is 1. The molecule has 0 spiro atoms. The Kier molecular flexibility index (Phi) is 5.33. The molecule has 2 aromatic carbocycles. The molecule has 0 aliphatic rings. The van der Waals surface area contributed by atoms with Crippen molar-refractivity contribution in [3.63, 3.8) is 0 Å². The number of carbonyl (C=O) groups excluding carboxylic acids is 1. The number of halogens is 1. The van der Waals surface area contributed by atoms with E-state index in [4.69, 9.17) is 0 Å². The Morgan fingerprint density at radius 2 is 1.74 bits per heavy atom. The third-order valence-corrected chi connectivity index (χ3v) is 5.55. The first kappa shape index (κ1) is 19.1. The predicted octanol–water partition coefficient (Wildman–Crippen LogP) is 3.39. The molecule has 1 aromatic heterocycles. The SMILES string of the molecule is CSc1ncc(C(=O)Nc2ccc(S(C)(=O)=O)cc2)n1-c1ccc(F)cc1. The number of benzene rings is 2. The second-order valence-corrected chi connectivity index (χ2v) is 8.48. The van der Waals surface area contributed by atoms with E-state index >= 15 is 0 Å². The summed E-state index contributed by atoms with van der Waals surface area (Å²) >= 11 is 1.36. The number of aromatic nitrogens is 2. The minimum absolute atomic E-state index is 0.168. The van der Waals surface area contributed by atoms with Gasteiger partial charge in [-0.2, -0.15) is 0 Å². The predicted molar refractivity (Wildman–Crippen MR) is 103 cm³/mol. The topological polar surface area (TPSA) is 81.1 Å². The Balaban J connectivity index is 1.91. The van der Waals surface area contributed by atoms with Crippen LogP contribution in [0.3, 0.4) is 0 Å². The molecule has 0 fully saturated rings. The van der Waals surface area contributed by atoms with Crippen molar-refractivity contribution in [1.82, 2.24) is 9.55 Å². The van der Waals surface area contributed by atoms with Gasteiger partial charge in [-0.05, 0) is 54.8 Å². The van der Waals surface area contributed by atoms with Crippen molar-refractivity contribution >= 4 is 33.2 Å². The van der Waals surface area contributed by atoms with Gasteiger partial charge in [-0.15, -0.1) is 0 Å². The van der Waals surface area contributed by atoms with Gasteiger partial charge in [0.1, 0.15) is 11.5 Å². The van der Waals surface area contributed by atoms with E-state index in [1.54, 1.807) is 16.7 Å². The van der Waals surface area contributed by atoms with Crippen molar-refractivity contribution < 1.29 is 17.6 Å². The van der Waals surface area contributed by atoms with Crippen LogP contribution in [0.15, 0.2) is 64.8 Å². The largest absolute Gasteiger partial charge is 0.321 e. The van der Waals surface area contributed by atoms with Gasteiger partial charge in [0.2, 0.25) is 0 Å². The maximum Gasteiger partial charge on any atom is 0.274 e. The van der Waals surface area contributed by atoms with E-state index in [0.29, 0.717) is 16.5 Å². The number of nitrogens with zero attached hydrogens (tertiary/aromatic N) is 2. The zero-order valence-corrected chi connectivity index (χ0v) is 16.1. The molecule has 140 valence electrons. The first-order chi connectivity index (χ1) is 12.8. The van der Waals surface area contributed by atoms with Crippen molar-refractivity contribution in [1.29, 1.82) is 0 Å². The number of imidazole rings is 1. The molecule has 0 bridgehead atoms. The summed E-state index contributed by atoms with van der Waals surface area (Å²) in [6.07, 6.45) is 4.38. The summed E-state index contributed by atoms with van der Waals surface area (Å²) < 4.78 is 37.9. The quantitative estimate of drug-likeness (QED) is 0.658. The number of anilines is 1. The summed E-state index contributed by atoms with van der Waals surface area (Å²) in [6.45, 7) is 0. The minimum Gasteiger partial charge on any atom is -0.321 e. The van der Waals surface area contributed by atoms with Crippen LogP contribution >= 0.6 is 11.8 Å². The number of amides is 1. The first-order valence-electron chi connectivity index (χ1n) is 7.79. The van der Waals surface area contributed by atoms with Crippen LogP contribution in [-0.2, 0) is 9.84 Å². The molecular formula is C18H16FN3O3S2. The Morgan fingerprint density at radius 3 is 2.30 bits per heavy atom. The summed E-state index contributed by atoms with van der Waals surface area (Å²) in [6, 6.07) is 11.6. The number of nitrogens with one attached hydrogen (secondary N) is 1. The molecule has 0 saturated carbocycles. The number of carbonyl (C=O) groups is 1. The Hall–Kier alpha value is -2.65. The third-order valence-electron chi connectivity index (χ3n) is 3.77. The third kappa shape index (κ3) is 4.20. The van der Waals surface area contributed by atoms with E-state index in [1.165, 1.54) is 54.4 Å². The van der Waals surface area contributed by atoms with Gasteiger partial charge in [0.05, 0.1) is 11.1 Å². The molecule has 3 aromatic rings. The van der Waals surface area contributed by atoms with Gasteiger partial charge >= 0.3 is 0 Å². The number of thioether (sulfide) groups is 1. The lowest BCUT2D eigenvalue weighted by Crippen LogP contribution is -2.16. The fourth-order valence-electron chi connectivity index (χ4n) is 2.46. The van der Waals surface area contributed by atoms with Gasteiger partial charge in [-0.3, -0.25) is 9.36 Å². The van der Waals surface area contributed by atoms with Crippen molar-refractivity contribution in [2.45, 2.75) is 10.1 Å². The Labute approximate surface area is 160 Å². The highest BCUT2D eigenvalue weighted by atomic mass is 32.2. The molecule has 0 radical (unpaired) electrons. The lowest BCUT2D eigenvalue weighted by molar-refractivity contribution is 0.102. The smallest absolute Gasteiger partial charge is 0.274 e. The van der Waals surface area contributed by atoms with Gasteiger partial charge in [-0.25, -0.2) is 17.8 Å². The molecule has 3 rings (SSSR count). The molecule has 1 amide bonds. The van der Waals surface area contributed by atoms with Gasteiger partial charge in [-0.1, -0.05) is 11.8 Å². The molecule has 0 aliphatic carbocycles. The average molecular weight is 405 g/mol. The molecule has 1 heterocycles. The average Bonchev–Trinajstić information content (AvgIpc) is 3.06. The monoisotopic (exact) mass is 405 g/mol. The summed E-state index contributed by atoms with van der Waals surface area (Å²) in [5, 5.41) is 3.30. The van der Waals surface area contributed by atoms with Crippen LogP contribution in [0.2, 0.25) is 0 Å². The minimum atomic E-state index is -3.31. The van der Waals surface area contributed by atoms with Gasteiger partial charge in [0.15, 0.2) is 15.0 Å². The number of rotatable bonds is 5. The van der Waals surface area contributed by atoms with E-state index < -0.39 is 15.7 Å². The zero-order valence-electron chi connectivity index (χ0n) is 14.5. The highest BCUT2D eigenvalue weighted by Gasteiger charge is 2.18. The molecule has 0 atom stereocenters. The molecule has 1 N–H and O–H groups in total. The molecule has 27 heavy (non-hydrogen) atoms. The molecule has 9 heteroatoms. The van der Waals surface area contributed by atoms with Crippen molar-refractivity contribution in [3.8, 4) is 5.69 Å². The Morgan fingerprint density at radius 1 is 1.11 bits per heavy atom. The van der Waals surface area contributed by atoms with E-state index in [2.05, 4.69) is 10.3 Å². The first-order valence-corrected chi connectivity index (χ1v) is 10.9. The summed E-state index contributed by atoms with van der Waals surface area (Å²) in [7, 11) is -3.31.